The molecule has 1 N–H and O–H groups in total. The molecule has 0 saturated carbocycles. The van der Waals surface area contributed by atoms with E-state index in [1.165, 1.54) is 11.8 Å². The van der Waals surface area contributed by atoms with Gasteiger partial charge >= 0.3 is 5.63 Å². The van der Waals surface area contributed by atoms with Crippen molar-refractivity contribution >= 4 is 23.4 Å². The summed E-state index contributed by atoms with van der Waals surface area (Å²) in [5.41, 5.74) is 0.295. The van der Waals surface area contributed by atoms with Gasteiger partial charge in [-0.25, -0.2) is 4.79 Å². The van der Waals surface area contributed by atoms with Crippen LogP contribution in [0.5, 0.6) is 0 Å². The molecule has 0 spiro atoms. The number of thioether (sulfide) groups is 1. The highest BCUT2D eigenvalue weighted by Gasteiger charge is 2.21. The fourth-order valence-electron chi connectivity index (χ4n) is 1.94. The maximum absolute atomic E-state index is 12.0. The topological polar surface area (TPSA) is 72.2 Å². The summed E-state index contributed by atoms with van der Waals surface area (Å²) in [6, 6.07) is 6.76. The second-order valence-electron chi connectivity index (χ2n) is 4.46. The van der Waals surface area contributed by atoms with Crippen LogP contribution in [0.25, 0.3) is 11.3 Å². The zero-order valence-electron chi connectivity index (χ0n) is 11.0. The lowest BCUT2D eigenvalue weighted by molar-refractivity contribution is -0.115. The monoisotopic (exact) mass is 300 g/mol. The molecule has 1 unspecified atom stereocenters. The molecule has 1 aliphatic heterocycles. The second kappa shape index (κ2) is 5.97. The predicted molar refractivity (Wildman–Crippen MR) is 82.0 cm³/mol. The summed E-state index contributed by atoms with van der Waals surface area (Å²) < 4.78 is 5.23. The van der Waals surface area contributed by atoms with E-state index in [1.54, 1.807) is 36.7 Å². The normalized spacial score (nSPS) is 16.9. The van der Waals surface area contributed by atoms with E-state index < -0.39 is 5.63 Å². The first-order valence-corrected chi connectivity index (χ1v) is 7.34. The highest BCUT2D eigenvalue weighted by Crippen LogP contribution is 2.25. The Bertz CT molecular complexity index is 732. The first kappa shape index (κ1) is 13.6. The molecule has 3 rings (SSSR count). The zero-order chi connectivity index (χ0) is 14.7. The third kappa shape index (κ3) is 3.05. The molecule has 21 heavy (non-hydrogen) atoms. The molecule has 2 aromatic rings. The highest BCUT2D eigenvalue weighted by molar-refractivity contribution is 8.03. The number of pyridine rings is 1. The average molecular weight is 300 g/mol. The highest BCUT2D eigenvalue weighted by atomic mass is 32.2. The minimum atomic E-state index is -0.569. The number of nitrogens with zero attached hydrogens (tertiary/aromatic N) is 1. The number of carbonyl (C=O) groups excluding carboxylic acids is 1. The van der Waals surface area contributed by atoms with Crippen LogP contribution in [-0.4, -0.2) is 16.1 Å². The summed E-state index contributed by atoms with van der Waals surface area (Å²) >= 11 is 1.44. The van der Waals surface area contributed by atoms with Gasteiger partial charge < -0.3 is 9.73 Å². The molecule has 106 valence electrons. The molecule has 1 atom stereocenters. The van der Waals surface area contributed by atoms with Gasteiger partial charge in [0, 0.05) is 18.0 Å². The van der Waals surface area contributed by atoms with Crippen LogP contribution >= 0.6 is 11.8 Å². The van der Waals surface area contributed by atoms with Crippen LogP contribution in [0.2, 0.25) is 0 Å². The number of hydrogen-bond donors (Lipinski definition) is 1. The van der Waals surface area contributed by atoms with Gasteiger partial charge in [0.25, 0.3) is 0 Å². The summed E-state index contributed by atoms with van der Waals surface area (Å²) in [5.74, 6) is 0.231. The fourth-order valence-corrected chi connectivity index (χ4v) is 2.76. The molecule has 2 aromatic heterocycles. The summed E-state index contributed by atoms with van der Waals surface area (Å²) in [6.07, 6.45) is 5.86. The summed E-state index contributed by atoms with van der Waals surface area (Å²) in [5, 5.41) is 4.32. The minimum absolute atomic E-state index is 0.153. The molecule has 0 aliphatic carbocycles. The SMILES string of the molecule is O=C(Nc1ccc(-c2cccnc2)oc1=O)C1CC=CS1. The molecule has 5 nitrogen and oxygen atoms in total. The number of carbonyl (C=O) groups is 1. The number of hydrogen-bond acceptors (Lipinski definition) is 5. The summed E-state index contributed by atoms with van der Waals surface area (Å²) in [6.45, 7) is 0. The summed E-state index contributed by atoms with van der Waals surface area (Å²) in [4.78, 5) is 27.9. The second-order valence-corrected chi connectivity index (χ2v) is 5.58. The van der Waals surface area contributed by atoms with Crippen molar-refractivity contribution in [3.05, 3.63) is 58.6 Å². The van der Waals surface area contributed by atoms with Crippen LogP contribution in [0.4, 0.5) is 5.69 Å². The molecule has 0 radical (unpaired) electrons. The maximum atomic E-state index is 12.0. The van der Waals surface area contributed by atoms with E-state index in [-0.39, 0.29) is 16.8 Å². The van der Waals surface area contributed by atoms with Gasteiger partial charge in [-0.15, -0.1) is 11.8 Å². The van der Waals surface area contributed by atoms with Crippen LogP contribution < -0.4 is 10.9 Å². The number of nitrogens with one attached hydrogen (secondary N) is 1. The Morgan fingerprint density at radius 2 is 2.29 bits per heavy atom. The molecule has 3 heterocycles. The van der Waals surface area contributed by atoms with E-state index in [0.29, 0.717) is 17.7 Å². The van der Waals surface area contributed by atoms with Gasteiger partial charge in [-0.05, 0) is 36.1 Å². The lowest BCUT2D eigenvalue weighted by Gasteiger charge is -2.09. The van der Waals surface area contributed by atoms with Crippen LogP contribution in [0.15, 0.2) is 57.4 Å². The van der Waals surface area contributed by atoms with Crippen molar-refractivity contribution < 1.29 is 9.21 Å². The van der Waals surface area contributed by atoms with E-state index in [1.807, 2.05) is 11.5 Å². The van der Waals surface area contributed by atoms with Crippen molar-refractivity contribution in [2.24, 2.45) is 0 Å². The van der Waals surface area contributed by atoms with Gasteiger partial charge in [-0.2, -0.15) is 0 Å². The summed E-state index contributed by atoms with van der Waals surface area (Å²) in [7, 11) is 0. The van der Waals surface area contributed by atoms with Gasteiger partial charge in [0.1, 0.15) is 11.4 Å². The van der Waals surface area contributed by atoms with Gasteiger partial charge in [0.15, 0.2) is 0 Å². The lowest BCUT2D eigenvalue weighted by Crippen LogP contribution is -2.25. The number of anilines is 1. The van der Waals surface area contributed by atoms with Crippen molar-refractivity contribution in [3.63, 3.8) is 0 Å². The smallest absolute Gasteiger partial charge is 0.360 e. The van der Waals surface area contributed by atoms with Crippen LogP contribution in [0.1, 0.15) is 6.42 Å². The zero-order valence-corrected chi connectivity index (χ0v) is 11.8. The Kier molecular flexibility index (Phi) is 3.87. The van der Waals surface area contributed by atoms with E-state index >= 15 is 0 Å². The van der Waals surface area contributed by atoms with Crippen molar-refractivity contribution in [3.8, 4) is 11.3 Å². The maximum Gasteiger partial charge on any atom is 0.360 e. The van der Waals surface area contributed by atoms with E-state index in [0.717, 1.165) is 0 Å². The quantitative estimate of drug-likeness (QED) is 0.943. The number of amides is 1. The van der Waals surface area contributed by atoms with Crippen molar-refractivity contribution in [2.75, 3.05) is 5.32 Å². The molecule has 0 bridgehead atoms. The first-order chi connectivity index (χ1) is 10.2. The molecular formula is C15H12N2O3S. The molecule has 0 fully saturated rings. The standard InChI is InChI=1S/C15H12N2O3S/c18-14(13-4-2-8-21-13)17-11-5-6-12(20-15(11)19)10-3-1-7-16-9-10/h1-3,5-9,13H,4H2,(H,17,18). The Labute approximate surface area is 125 Å². The van der Waals surface area contributed by atoms with Crippen molar-refractivity contribution in [1.82, 2.24) is 4.98 Å². The largest absolute Gasteiger partial charge is 0.421 e. The van der Waals surface area contributed by atoms with Crippen LogP contribution in [0.3, 0.4) is 0 Å². The molecular weight excluding hydrogens is 288 g/mol. The van der Waals surface area contributed by atoms with Gasteiger partial charge in [-0.1, -0.05) is 6.08 Å². The third-order valence-electron chi connectivity index (χ3n) is 3.01. The van der Waals surface area contributed by atoms with Crippen molar-refractivity contribution in [1.29, 1.82) is 0 Å². The Balaban J connectivity index is 1.79. The lowest BCUT2D eigenvalue weighted by atomic mass is 10.2. The predicted octanol–water partition coefficient (Wildman–Crippen LogP) is 2.66. The Hall–Kier alpha value is -2.34. The van der Waals surface area contributed by atoms with Crippen LogP contribution in [0, 0.1) is 0 Å². The van der Waals surface area contributed by atoms with Crippen LogP contribution in [-0.2, 0) is 4.79 Å². The van der Waals surface area contributed by atoms with Gasteiger partial charge in [0.05, 0.1) is 5.25 Å². The van der Waals surface area contributed by atoms with Gasteiger partial charge in [-0.3, -0.25) is 9.78 Å². The Morgan fingerprint density at radius 3 is 2.95 bits per heavy atom. The first-order valence-electron chi connectivity index (χ1n) is 6.40. The molecule has 0 aromatic carbocycles. The van der Waals surface area contributed by atoms with Gasteiger partial charge in [0.2, 0.25) is 5.91 Å². The van der Waals surface area contributed by atoms with Crippen molar-refractivity contribution in [2.45, 2.75) is 11.7 Å². The Morgan fingerprint density at radius 1 is 1.38 bits per heavy atom. The number of allylic oxidation sites excluding steroid dienone is 1. The number of rotatable bonds is 3. The molecule has 1 amide bonds. The third-order valence-corrected chi connectivity index (χ3v) is 4.09. The minimum Gasteiger partial charge on any atom is -0.421 e. The van der Waals surface area contributed by atoms with E-state index in [2.05, 4.69) is 10.3 Å². The molecule has 1 aliphatic rings. The average Bonchev–Trinajstić information content (AvgIpc) is 3.04. The molecule has 0 saturated heterocycles. The molecule has 6 heteroatoms. The van der Waals surface area contributed by atoms with E-state index in [9.17, 15) is 9.59 Å². The fraction of sp³-hybridized carbons (Fsp3) is 0.133. The van der Waals surface area contributed by atoms with E-state index in [4.69, 9.17) is 4.42 Å². The number of aromatic nitrogens is 1.